The largest absolute Gasteiger partial charge is 0.507 e. The number of phenolic OH excluding ortho intramolecular Hbond substituents is 1. The number of rotatable bonds is 8. The smallest absolute Gasteiger partial charge is 0.148 e. The SMILES string of the molecule is Cc1cc(C)c(O)c(-c2nc3c(-c4[c-]c(-c5cc(-c6ccc(-c7ccccc7)cc6)ccn5)cc(C(C)(C)C)c4)cccc3n2-c2ccc(C(C)(C)C(C)(C)C)cc2-c2ccccc2)c1.[Pt]. The molecule has 66 heavy (non-hydrogen) atoms. The first-order valence-electron chi connectivity index (χ1n) is 22.7. The Morgan fingerprint density at radius 2 is 1.15 bits per heavy atom. The van der Waals surface area contributed by atoms with Crippen LogP contribution >= 0.6 is 0 Å². The molecular weight excluding hydrogens is 986 g/mol. The molecule has 0 bridgehead atoms. The first kappa shape index (κ1) is 46.2. The molecule has 334 valence electrons. The number of aromatic hydroxyl groups is 1. The number of pyridine rings is 1. The summed E-state index contributed by atoms with van der Waals surface area (Å²) in [7, 11) is 0. The number of fused-ring (bicyclic) bond motifs is 1. The summed E-state index contributed by atoms with van der Waals surface area (Å²) in [6.07, 6.45) is 1.90. The van der Waals surface area contributed by atoms with Gasteiger partial charge >= 0.3 is 0 Å². The molecule has 0 aliphatic rings. The van der Waals surface area contributed by atoms with Crippen LogP contribution in [0.3, 0.4) is 0 Å². The number of hydrogen-bond acceptors (Lipinski definition) is 3. The van der Waals surface area contributed by atoms with Gasteiger partial charge in [-0.1, -0.05) is 182 Å². The van der Waals surface area contributed by atoms with E-state index in [9.17, 15) is 5.11 Å². The van der Waals surface area contributed by atoms with Gasteiger partial charge in [-0.05, 0) is 105 Å². The third kappa shape index (κ3) is 8.72. The van der Waals surface area contributed by atoms with Gasteiger partial charge in [0, 0.05) is 38.5 Å². The molecule has 0 aliphatic carbocycles. The molecule has 9 aromatic rings. The predicted octanol–water partition coefficient (Wildman–Crippen LogP) is 16.2. The van der Waals surface area contributed by atoms with Gasteiger partial charge in [-0.15, -0.1) is 29.3 Å². The van der Waals surface area contributed by atoms with E-state index >= 15 is 0 Å². The Balaban J connectivity index is 0.00000592. The van der Waals surface area contributed by atoms with Crippen molar-refractivity contribution in [2.75, 3.05) is 0 Å². The molecule has 0 saturated carbocycles. The molecule has 0 aliphatic heterocycles. The van der Waals surface area contributed by atoms with Crippen LogP contribution in [0.25, 0.3) is 83.9 Å². The monoisotopic (exact) mass is 1040 g/mol. The quantitative estimate of drug-likeness (QED) is 0.154. The molecule has 9 rings (SSSR count). The summed E-state index contributed by atoms with van der Waals surface area (Å²) in [5, 5.41) is 11.9. The molecule has 0 radical (unpaired) electrons. The van der Waals surface area contributed by atoms with Gasteiger partial charge in [0.1, 0.15) is 11.6 Å². The third-order valence-corrected chi connectivity index (χ3v) is 13.7. The van der Waals surface area contributed by atoms with Crippen molar-refractivity contribution in [1.82, 2.24) is 14.5 Å². The molecule has 7 aromatic carbocycles. The van der Waals surface area contributed by atoms with Crippen LogP contribution < -0.4 is 0 Å². The topological polar surface area (TPSA) is 50.9 Å². The van der Waals surface area contributed by atoms with Crippen LogP contribution in [0, 0.1) is 25.3 Å². The van der Waals surface area contributed by atoms with E-state index in [1.54, 1.807) is 0 Å². The average Bonchev–Trinajstić information content (AvgIpc) is 3.69. The van der Waals surface area contributed by atoms with Crippen molar-refractivity contribution in [2.45, 2.75) is 80.1 Å². The van der Waals surface area contributed by atoms with Gasteiger partial charge in [0.25, 0.3) is 0 Å². The fourth-order valence-electron chi connectivity index (χ4n) is 8.80. The Morgan fingerprint density at radius 1 is 0.530 bits per heavy atom. The molecule has 1 N–H and O–H groups in total. The van der Waals surface area contributed by atoms with E-state index in [0.29, 0.717) is 11.4 Å². The molecule has 0 fully saturated rings. The van der Waals surface area contributed by atoms with E-state index in [2.05, 4.69) is 219 Å². The van der Waals surface area contributed by atoms with Gasteiger partial charge < -0.3 is 5.11 Å². The average molecular weight is 1040 g/mol. The van der Waals surface area contributed by atoms with Crippen molar-refractivity contribution in [1.29, 1.82) is 0 Å². The number of benzene rings is 7. The molecule has 0 amide bonds. The van der Waals surface area contributed by atoms with E-state index in [1.165, 1.54) is 22.3 Å². The Hall–Kier alpha value is -6.35. The molecule has 0 unspecified atom stereocenters. The van der Waals surface area contributed by atoms with Crippen LogP contribution in [0.5, 0.6) is 5.75 Å². The van der Waals surface area contributed by atoms with E-state index < -0.39 is 0 Å². The van der Waals surface area contributed by atoms with Crippen molar-refractivity contribution in [3.8, 4) is 78.6 Å². The van der Waals surface area contributed by atoms with Crippen LogP contribution in [0.1, 0.15) is 77.6 Å². The molecule has 4 nitrogen and oxygen atoms in total. The second-order valence-electron chi connectivity index (χ2n) is 20.2. The third-order valence-electron chi connectivity index (χ3n) is 13.7. The van der Waals surface area contributed by atoms with E-state index in [1.807, 2.05) is 25.3 Å². The minimum atomic E-state index is -0.167. The fourth-order valence-corrected chi connectivity index (χ4v) is 8.80. The van der Waals surface area contributed by atoms with Crippen LogP contribution in [0.4, 0.5) is 0 Å². The second-order valence-corrected chi connectivity index (χ2v) is 20.2. The number of aromatic nitrogens is 3. The van der Waals surface area contributed by atoms with Gasteiger partial charge in [0.05, 0.1) is 22.3 Å². The van der Waals surface area contributed by atoms with Crippen LogP contribution in [0.15, 0.2) is 164 Å². The summed E-state index contributed by atoms with van der Waals surface area (Å²) in [6, 6.07) is 59.8. The Labute approximate surface area is 405 Å². The Bertz CT molecular complexity index is 3200. The zero-order valence-electron chi connectivity index (χ0n) is 39.7. The van der Waals surface area contributed by atoms with Gasteiger partial charge in [-0.25, -0.2) is 4.98 Å². The summed E-state index contributed by atoms with van der Waals surface area (Å²) in [5.41, 5.74) is 17.9. The van der Waals surface area contributed by atoms with Gasteiger partial charge in [-0.3, -0.25) is 9.55 Å². The van der Waals surface area contributed by atoms with Crippen molar-refractivity contribution < 1.29 is 26.2 Å². The summed E-state index contributed by atoms with van der Waals surface area (Å²) in [5.74, 6) is 0.904. The number of nitrogens with zero attached hydrogens (tertiary/aromatic N) is 3. The minimum Gasteiger partial charge on any atom is -0.507 e. The number of hydrogen-bond donors (Lipinski definition) is 1. The molecular formula is C61H58N3OPt-. The number of aryl methyl sites for hydroxylation is 2. The zero-order valence-corrected chi connectivity index (χ0v) is 42.0. The van der Waals surface area contributed by atoms with Gasteiger partial charge in [0.15, 0.2) is 0 Å². The Kier molecular flexibility index (Phi) is 12.5. The zero-order chi connectivity index (χ0) is 45.8. The Morgan fingerprint density at radius 3 is 1.80 bits per heavy atom. The predicted molar refractivity (Wildman–Crippen MR) is 273 cm³/mol. The molecule has 2 heterocycles. The molecule has 2 aromatic heterocycles. The molecule has 0 saturated heterocycles. The van der Waals surface area contributed by atoms with E-state index in [-0.39, 0.29) is 43.1 Å². The van der Waals surface area contributed by atoms with Crippen molar-refractivity contribution in [3.05, 3.63) is 192 Å². The standard InChI is InChI=1S/C61H58N3O.Pt/c1-39-32-40(2)57(65)52(33-39)58-63-56-50(22-17-23-55(56)64(58)54-29-28-48(61(9,10)60(6,7)8)38-51(54)44-20-15-12-16-21-44)46-34-47(36-49(35-46)59(3,4)5)53-37-45(30-31-62-53)43-26-24-42(25-27-43)41-18-13-11-14-19-41;/h11-33,35-38,65H,1-10H3;/q-1;. The molecule has 5 heteroatoms. The maximum absolute atomic E-state index is 11.9. The first-order valence-corrected chi connectivity index (χ1v) is 22.7. The summed E-state index contributed by atoms with van der Waals surface area (Å²) in [4.78, 5) is 10.5. The van der Waals surface area contributed by atoms with Crippen LogP contribution in [-0.4, -0.2) is 19.6 Å². The summed E-state index contributed by atoms with van der Waals surface area (Å²) >= 11 is 0. The first-order chi connectivity index (χ1) is 31.0. The number of imidazole rings is 1. The van der Waals surface area contributed by atoms with Crippen LogP contribution in [0.2, 0.25) is 0 Å². The van der Waals surface area contributed by atoms with Crippen molar-refractivity contribution >= 4 is 11.0 Å². The van der Waals surface area contributed by atoms with Crippen LogP contribution in [-0.2, 0) is 31.9 Å². The normalized spacial score (nSPS) is 12.0. The summed E-state index contributed by atoms with van der Waals surface area (Å²) < 4.78 is 2.26. The van der Waals surface area contributed by atoms with E-state index in [4.69, 9.17) is 9.97 Å². The molecule has 0 spiro atoms. The van der Waals surface area contributed by atoms with Crippen molar-refractivity contribution in [2.24, 2.45) is 5.41 Å². The number of para-hydroxylation sites is 1. The van der Waals surface area contributed by atoms with Gasteiger partial charge in [-0.2, -0.15) is 0 Å². The summed E-state index contributed by atoms with van der Waals surface area (Å²) in [6.45, 7) is 22.4. The van der Waals surface area contributed by atoms with E-state index in [0.717, 1.165) is 72.5 Å². The van der Waals surface area contributed by atoms with Gasteiger partial charge in [0.2, 0.25) is 0 Å². The maximum Gasteiger partial charge on any atom is 0.148 e. The fraction of sp³-hybridized carbons (Fsp3) is 0.213. The maximum atomic E-state index is 11.9. The molecule has 0 atom stereocenters. The second kappa shape index (κ2) is 17.8. The number of phenols is 1. The van der Waals surface area contributed by atoms with Crippen molar-refractivity contribution in [3.63, 3.8) is 0 Å². The minimum absolute atomic E-state index is 0.